The first-order chi connectivity index (χ1) is 10.3. The van der Waals surface area contributed by atoms with Gasteiger partial charge in [-0.1, -0.05) is 18.2 Å². The van der Waals surface area contributed by atoms with Crippen molar-refractivity contribution in [2.75, 3.05) is 6.61 Å². The molecule has 2 aromatic heterocycles. The van der Waals surface area contributed by atoms with E-state index >= 15 is 0 Å². The summed E-state index contributed by atoms with van der Waals surface area (Å²) in [5.41, 5.74) is 2.19. The largest absolute Gasteiger partial charge is 0.461 e. The van der Waals surface area contributed by atoms with Gasteiger partial charge in [0.1, 0.15) is 5.01 Å². The summed E-state index contributed by atoms with van der Waals surface area (Å²) in [6.07, 6.45) is 3.63. The SMILES string of the molecule is CCOC(=O)c1csc(-c2cnn(-c3ccccc3)c2)n1. The highest BCUT2D eigenvalue weighted by atomic mass is 32.1. The molecule has 0 aliphatic carbocycles. The van der Waals surface area contributed by atoms with Crippen molar-refractivity contribution in [3.63, 3.8) is 0 Å². The van der Waals surface area contributed by atoms with Gasteiger partial charge in [0.05, 0.1) is 18.5 Å². The molecule has 0 fully saturated rings. The fourth-order valence-corrected chi connectivity index (χ4v) is 2.63. The molecule has 0 amide bonds. The van der Waals surface area contributed by atoms with Crippen LogP contribution in [-0.4, -0.2) is 27.3 Å². The molecule has 6 heteroatoms. The zero-order chi connectivity index (χ0) is 14.7. The van der Waals surface area contributed by atoms with E-state index in [1.54, 1.807) is 23.2 Å². The lowest BCUT2D eigenvalue weighted by Gasteiger charge is -1.98. The summed E-state index contributed by atoms with van der Waals surface area (Å²) in [7, 11) is 0. The van der Waals surface area contributed by atoms with Crippen molar-refractivity contribution >= 4 is 17.3 Å². The summed E-state index contributed by atoms with van der Waals surface area (Å²) in [4.78, 5) is 15.9. The van der Waals surface area contributed by atoms with Gasteiger partial charge in [-0.3, -0.25) is 0 Å². The van der Waals surface area contributed by atoms with Gasteiger partial charge < -0.3 is 4.74 Å². The predicted molar refractivity (Wildman–Crippen MR) is 80.6 cm³/mol. The Bertz CT molecular complexity index is 749. The van der Waals surface area contributed by atoms with Crippen LogP contribution in [0.3, 0.4) is 0 Å². The van der Waals surface area contributed by atoms with Crippen molar-refractivity contribution < 1.29 is 9.53 Å². The number of nitrogens with zero attached hydrogens (tertiary/aromatic N) is 3. The third kappa shape index (κ3) is 2.85. The highest BCUT2D eigenvalue weighted by molar-refractivity contribution is 7.13. The van der Waals surface area contributed by atoms with E-state index in [0.717, 1.165) is 16.3 Å². The first-order valence-electron chi connectivity index (χ1n) is 6.51. The second kappa shape index (κ2) is 5.88. The minimum Gasteiger partial charge on any atom is -0.461 e. The Morgan fingerprint density at radius 3 is 2.90 bits per heavy atom. The van der Waals surface area contributed by atoms with Crippen LogP contribution in [0, 0.1) is 0 Å². The Kier molecular flexibility index (Phi) is 3.79. The average molecular weight is 299 g/mol. The average Bonchev–Trinajstić information content (AvgIpc) is 3.17. The van der Waals surface area contributed by atoms with Crippen LogP contribution in [-0.2, 0) is 4.74 Å². The smallest absolute Gasteiger partial charge is 0.357 e. The van der Waals surface area contributed by atoms with Crippen molar-refractivity contribution in [1.29, 1.82) is 0 Å². The fraction of sp³-hybridized carbons (Fsp3) is 0.133. The third-order valence-electron chi connectivity index (χ3n) is 2.84. The van der Waals surface area contributed by atoms with Crippen LogP contribution in [0.4, 0.5) is 0 Å². The van der Waals surface area contributed by atoms with Crippen LogP contribution in [0.2, 0.25) is 0 Å². The van der Waals surface area contributed by atoms with Crippen LogP contribution in [0.5, 0.6) is 0 Å². The van der Waals surface area contributed by atoms with E-state index < -0.39 is 5.97 Å². The minimum atomic E-state index is -0.393. The topological polar surface area (TPSA) is 57.0 Å². The van der Waals surface area contributed by atoms with E-state index in [9.17, 15) is 4.79 Å². The van der Waals surface area contributed by atoms with Crippen molar-refractivity contribution in [3.8, 4) is 16.3 Å². The molecule has 2 heterocycles. The van der Waals surface area contributed by atoms with E-state index in [0.29, 0.717) is 12.3 Å². The molecule has 0 N–H and O–H groups in total. The third-order valence-corrected chi connectivity index (χ3v) is 3.73. The molecule has 0 spiro atoms. The van der Waals surface area contributed by atoms with Gasteiger partial charge in [0.25, 0.3) is 0 Å². The minimum absolute atomic E-state index is 0.337. The molecule has 0 saturated carbocycles. The Morgan fingerprint density at radius 2 is 2.14 bits per heavy atom. The van der Waals surface area contributed by atoms with Gasteiger partial charge in [0.15, 0.2) is 5.69 Å². The molecule has 0 radical (unpaired) electrons. The van der Waals surface area contributed by atoms with E-state index in [-0.39, 0.29) is 0 Å². The lowest BCUT2D eigenvalue weighted by molar-refractivity contribution is 0.0520. The Morgan fingerprint density at radius 1 is 1.33 bits per heavy atom. The second-order valence-corrected chi connectivity index (χ2v) is 5.13. The number of hydrogen-bond acceptors (Lipinski definition) is 5. The molecule has 3 rings (SSSR count). The Balaban J connectivity index is 1.85. The quantitative estimate of drug-likeness (QED) is 0.694. The number of benzene rings is 1. The summed E-state index contributed by atoms with van der Waals surface area (Å²) >= 11 is 1.40. The van der Waals surface area contributed by atoms with E-state index in [4.69, 9.17) is 4.74 Å². The van der Waals surface area contributed by atoms with Crippen LogP contribution < -0.4 is 0 Å². The zero-order valence-electron chi connectivity index (χ0n) is 11.4. The first-order valence-corrected chi connectivity index (χ1v) is 7.39. The molecular weight excluding hydrogens is 286 g/mol. The molecule has 1 aromatic carbocycles. The number of carbonyl (C=O) groups excluding carboxylic acids is 1. The predicted octanol–water partition coefficient (Wildman–Crippen LogP) is 3.17. The van der Waals surface area contributed by atoms with Crippen molar-refractivity contribution in [2.45, 2.75) is 6.92 Å². The highest BCUT2D eigenvalue weighted by Crippen LogP contribution is 2.24. The van der Waals surface area contributed by atoms with Gasteiger partial charge >= 0.3 is 5.97 Å². The van der Waals surface area contributed by atoms with Gasteiger partial charge in [-0.15, -0.1) is 11.3 Å². The molecule has 5 nitrogen and oxygen atoms in total. The number of esters is 1. The summed E-state index contributed by atoms with van der Waals surface area (Å²) in [5.74, 6) is -0.393. The summed E-state index contributed by atoms with van der Waals surface area (Å²) in [5, 5.41) is 6.77. The van der Waals surface area contributed by atoms with Gasteiger partial charge in [-0.25, -0.2) is 14.5 Å². The van der Waals surface area contributed by atoms with Gasteiger partial charge in [0, 0.05) is 17.1 Å². The number of thiazole rings is 1. The fourth-order valence-electron chi connectivity index (χ4n) is 1.86. The maximum absolute atomic E-state index is 11.6. The zero-order valence-corrected chi connectivity index (χ0v) is 12.2. The van der Waals surface area contributed by atoms with Crippen LogP contribution in [0.15, 0.2) is 48.1 Å². The normalized spacial score (nSPS) is 10.5. The lowest BCUT2D eigenvalue weighted by Crippen LogP contribution is -2.04. The van der Waals surface area contributed by atoms with E-state index in [2.05, 4.69) is 10.1 Å². The lowest BCUT2D eigenvalue weighted by atomic mass is 10.3. The molecule has 0 saturated heterocycles. The maximum Gasteiger partial charge on any atom is 0.357 e. The van der Waals surface area contributed by atoms with Crippen molar-refractivity contribution in [2.24, 2.45) is 0 Å². The van der Waals surface area contributed by atoms with Gasteiger partial charge in [0.2, 0.25) is 0 Å². The van der Waals surface area contributed by atoms with Crippen molar-refractivity contribution in [3.05, 3.63) is 53.8 Å². The highest BCUT2D eigenvalue weighted by Gasteiger charge is 2.13. The molecule has 0 bridgehead atoms. The van der Waals surface area contributed by atoms with E-state index in [1.807, 2.05) is 36.5 Å². The van der Waals surface area contributed by atoms with Gasteiger partial charge in [-0.05, 0) is 19.1 Å². The number of rotatable bonds is 4. The van der Waals surface area contributed by atoms with Crippen LogP contribution >= 0.6 is 11.3 Å². The maximum atomic E-state index is 11.6. The molecule has 0 aliphatic heterocycles. The molecule has 0 aliphatic rings. The standard InChI is InChI=1S/C15H13N3O2S/c1-2-20-15(19)13-10-21-14(17-13)11-8-16-18(9-11)12-6-4-3-5-7-12/h3-10H,2H2,1H3. The van der Waals surface area contributed by atoms with Crippen molar-refractivity contribution in [1.82, 2.24) is 14.8 Å². The molecule has 0 unspecified atom stereocenters. The second-order valence-electron chi connectivity index (χ2n) is 4.27. The summed E-state index contributed by atoms with van der Waals surface area (Å²) in [6, 6.07) is 9.82. The number of carbonyl (C=O) groups is 1. The summed E-state index contributed by atoms with van der Waals surface area (Å²) in [6.45, 7) is 2.12. The summed E-state index contributed by atoms with van der Waals surface area (Å²) < 4.78 is 6.71. The molecule has 3 aromatic rings. The van der Waals surface area contributed by atoms with E-state index in [1.165, 1.54) is 11.3 Å². The Hall–Kier alpha value is -2.47. The molecular formula is C15H13N3O2S. The number of ether oxygens (including phenoxy) is 1. The molecule has 21 heavy (non-hydrogen) atoms. The van der Waals surface area contributed by atoms with Crippen LogP contribution in [0.1, 0.15) is 17.4 Å². The van der Waals surface area contributed by atoms with Crippen LogP contribution in [0.25, 0.3) is 16.3 Å². The monoisotopic (exact) mass is 299 g/mol. The first kappa shape index (κ1) is 13.5. The Labute approximate surface area is 125 Å². The van der Waals surface area contributed by atoms with Gasteiger partial charge in [-0.2, -0.15) is 5.10 Å². The molecule has 0 atom stereocenters. The number of aromatic nitrogens is 3. The number of hydrogen-bond donors (Lipinski definition) is 0. The molecule has 106 valence electrons. The number of para-hydroxylation sites is 1.